The smallest absolute Gasteiger partial charge is 0.308 e. The second-order valence-electron chi connectivity index (χ2n) is 11.9. The van der Waals surface area contributed by atoms with Crippen LogP contribution in [0, 0.1) is 23.6 Å². The van der Waals surface area contributed by atoms with Gasteiger partial charge < -0.3 is 10.4 Å². The average Bonchev–Trinajstić information content (AvgIpc) is 3.56. The highest BCUT2D eigenvalue weighted by Crippen LogP contribution is 2.49. The minimum Gasteiger partial charge on any atom is -0.481 e. The number of halogens is 1. The lowest BCUT2D eigenvalue weighted by atomic mass is 9.84. The van der Waals surface area contributed by atoms with Crippen LogP contribution < -0.4 is 5.32 Å². The maximum atomic E-state index is 14.0. The van der Waals surface area contributed by atoms with Crippen LogP contribution >= 0.6 is 0 Å². The third kappa shape index (κ3) is 4.70. The van der Waals surface area contributed by atoms with Gasteiger partial charge in [0.05, 0.1) is 12.0 Å². The van der Waals surface area contributed by atoms with Gasteiger partial charge in [-0.1, -0.05) is 37.8 Å². The number of aromatic nitrogens is 2. The van der Waals surface area contributed by atoms with Gasteiger partial charge in [0.1, 0.15) is 5.82 Å². The number of benzene rings is 1. The Morgan fingerprint density at radius 2 is 1.81 bits per heavy atom. The SMILES string of the molecule is O=C(N[C@H]1C2CCC(C2)[C@H]1C(=O)O)c1nn(C2CCCCC2)c2c1CCCCC2Cc1cccc(F)c1. The number of aliphatic carboxylic acids is 1. The average molecular weight is 508 g/mol. The molecule has 1 aromatic heterocycles. The number of amides is 1. The van der Waals surface area contributed by atoms with Crippen LogP contribution in [0.1, 0.15) is 110 Å². The highest BCUT2D eigenvalue weighted by atomic mass is 19.1. The van der Waals surface area contributed by atoms with Crippen LogP contribution in [0.4, 0.5) is 4.39 Å². The molecule has 1 aromatic carbocycles. The zero-order chi connectivity index (χ0) is 25.5. The fourth-order valence-electron chi connectivity index (χ4n) is 8.00. The summed E-state index contributed by atoms with van der Waals surface area (Å²) in [6, 6.07) is 6.84. The van der Waals surface area contributed by atoms with E-state index in [1.807, 2.05) is 6.07 Å². The number of carboxylic acids is 1. The van der Waals surface area contributed by atoms with Gasteiger partial charge in [0, 0.05) is 23.2 Å². The van der Waals surface area contributed by atoms with Crippen LogP contribution in [0.15, 0.2) is 24.3 Å². The van der Waals surface area contributed by atoms with E-state index in [1.54, 1.807) is 12.1 Å². The van der Waals surface area contributed by atoms with Gasteiger partial charge in [0.2, 0.25) is 0 Å². The van der Waals surface area contributed by atoms with E-state index < -0.39 is 11.9 Å². The number of fused-ring (bicyclic) bond motifs is 3. The van der Waals surface area contributed by atoms with E-state index in [0.29, 0.717) is 5.69 Å². The van der Waals surface area contributed by atoms with E-state index in [4.69, 9.17) is 5.10 Å². The summed E-state index contributed by atoms with van der Waals surface area (Å²) in [6.07, 6.45) is 13.1. The molecule has 0 aliphatic heterocycles. The summed E-state index contributed by atoms with van der Waals surface area (Å²) in [5.74, 6) is -1.12. The first-order valence-electron chi connectivity index (χ1n) is 14.4. The van der Waals surface area contributed by atoms with Gasteiger partial charge in [0.15, 0.2) is 5.69 Å². The monoisotopic (exact) mass is 507 g/mol. The number of carbonyl (C=O) groups is 2. The molecule has 4 aliphatic carbocycles. The van der Waals surface area contributed by atoms with Crippen molar-refractivity contribution in [2.75, 3.05) is 0 Å². The number of hydrogen-bond acceptors (Lipinski definition) is 3. The van der Waals surface area contributed by atoms with Crippen molar-refractivity contribution in [2.45, 2.75) is 101 Å². The Bertz CT molecular complexity index is 1170. The van der Waals surface area contributed by atoms with E-state index >= 15 is 0 Å². The molecular weight excluding hydrogens is 469 g/mol. The van der Waals surface area contributed by atoms with Gasteiger partial charge >= 0.3 is 5.97 Å². The van der Waals surface area contributed by atoms with E-state index in [2.05, 4.69) is 10.00 Å². The minimum atomic E-state index is -0.792. The standard InChI is InChI=1S/C30H38FN3O3/c31-22-9-6-7-18(16-22)15-21-8-4-5-12-24-27(33-34(28(21)24)23-10-2-1-3-11-23)29(35)32-26-20-14-13-19(17-20)25(26)30(36)37/h6-7,9,16,19-21,23,25-26H,1-5,8,10-15,17H2,(H,32,35)(H,36,37)/t19?,20?,21?,25-,26+/m1/s1. The maximum absolute atomic E-state index is 14.0. The van der Waals surface area contributed by atoms with E-state index in [0.717, 1.165) is 75.3 Å². The minimum absolute atomic E-state index is 0.167. The fraction of sp³-hybridized carbons (Fsp3) is 0.633. The lowest BCUT2D eigenvalue weighted by Gasteiger charge is -2.28. The molecule has 6 rings (SSSR count). The number of carboxylic acid groups (broad SMARTS) is 1. The molecule has 1 heterocycles. The van der Waals surface area contributed by atoms with Crippen molar-refractivity contribution < 1.29 is 19.1 Å². The fourth-order valence-corrected chi connectivity index (χ4v) is 8.00. The molecule has 0 spiro atoms. The third-order valence-electron chi connectivity index (χ3n) is 9.67. The molecule has 0 saturated heterocycles. The summed E-state index contributed by atoms with van der Waals surface area (Å²) in [6.45, 7) is 0. The Balaban J connectivity index is 1.35. The quantitative estimate of drug-likeness (QED) is 0.484. The first kappa shape index (κ1) is 24.6. The molecule has 1 amide bonds. The van der Waals surface area contributed by atoms with E-state index in [1.165, 1.54) is 31.0 Å². The van der Waals surface area contributed by atoms with Gasteiger partial charge in [-0.3, -0.25) is 14.3 Å². The van der Waals surface area contributed by atoms with Crippen molar-refractivity contribution in [3.05, 3.63) is 52.6 Å². The molecule has 2 N–H and O–H groups in total. The molecule has 3 saturated carbocycles. The van der Waals surface area contributed by atoms with Crippen molar-refractivity contribution in [2.24, 2.45) is 17.8 Å². The molecule has 4 aliphatic rings. The van der Waals surface area contributed by atoms with Crippen molar-refractivity contribution in [1.82, 2.24) is 15.1 Å². The molecule has 2 aromatic rings. The number of nitrogens with zero attached hydrogens (tertiary/aromatic N) is 2. The van der Waals surface area contributed by atoms with Crippen LogP contribution in [0.5, 0.6) is 0 Å². The lowest BCUT2D eigenvalue weighted by Crippen LogP contribution is -2.47. The number of carbonyl (C=O) groups excluding carboxylic acids is 1. The molecule has 7 heteroatoms. The zero-order valence-corrected chi connectivity index (χ0v) is 21.5. The normalized spacial score (nSPS) is 29.6. The van der Waals surface area contributed by atoms with Gasteiger partial charge in [0.25, 0.3) is 5.91 Å². The summed E-state index contributed by atoms with van der Waals surface area (Å²) in [7, 11) is 0. The van der Waals surface area contributed by atoms with Gasteiger partial charge in [-0.25, -0.2) is 4.39 Å². The molecule has 5 atom stereocenters. The summed E-state index contributed by atoms with van der Waals surface area (Å²) < 4.78 is 16.2. The summed E-state index contributed by atoms with van der Waals surface area (Å²) in [4.78, 5) is 25.9. The Labute approximate surface area is 218 Å². The largest absolute Gasteiger partial charge is 0.481 e. The van der Waals surface area contributed by atoms with Crippen LogP contribution in [0.25, 0.3) is 0 Å². The predicted molar refractivity (Wildman–Crippen MR) is 138 cm³/mol. The maximum Gasteiger partial charge on any atom is 0.308 e. The highest BCUT2D eigenvalue weighted by Gasteiger charge is 2.52. The molecule has 2 bridgehead atoms. The first-order valence-corrected chi connectivity index (χ1v) is 14.4. The van der Waals surface area contributed by atoms with Crippen LogP contribution in [-0.4, -0.2) is 32.8 Å². The van der Waals surface area contributed by atoms with Gasteiger partial charge in [-0.05, 0) is 87.3 Å². The predicted octanol–water partition coefficient (Wildman–Crippen LogP) is 5.81. The van der Waals surface area contributed by atoms with Crippen molar-refractivity contribution in [3.63, 3.8) is 0 Å². The van der Waals surface area contributed by atoms with Gasteiger partial charge in [-0.2, -0.15) is 5.10 Å². The Morgan fingerprint density at radius 3 is 2.59 bits per heavy atom. The molecule has 0 radical (unpaired) electrons. The van der Waals surface area contributed by atoms with Crippen LogP contribution in [0.3, 0.4) is 0 Å². The second-order valence-corrected chi connectivity index (χ2v) is 11.9. The number of hydrogen-bond donors (Lipinski definition) is 2. The second kappa shape index (κ2) is 10.2. The third-order valence-corrected chi connectivity index (χ3v) is 9.67. The molecule has 3 unspecified atom stereocenters. The molecule has 6 nitrogen and oxygen atoms in total. The Hall–Kier alpha value is -2.70. The van der Waals surface area contributed by atoms with E-state index in [-0.39, 0.29) is 41.6 Å². The number of nitrogens with one attached hydrogen (secondary N) is 1. The van der Waals surface area contributed by atoms with Crippen molar-refractivity contribution in [1.29, 1.82) is 0 Å². The topological polar surface area (TPSA) is 84.2 Å². The first-order chi connectivity index (χ1) is 18.0. The summed E-state index contributed by atoms with van der Waals surface area (Å²) >= 11 is 0. The summed E-state index contributed by atoms with van der Waals surface area (Å²) in [5.41, 5.74) is 3.68. The molecule has 3 fully saturated rings. The zero-order valence-electron chi connectivity index (χ0n) is 21.5. The lowest BCUT2D eigenvalue weighted by molar-refractivity contribution is -0.144. The highest BCUT2D eigenvalue weighted by molar-refractivity contribution is 5.94. The van der Waals surface area contributed by atoms with E-state index in [9.17, 15) is 19.1 Å². The van der Waals surface area contributed by atoms with Crippen molar-refractivity contribution in [3.8, 4) is 0 Å². The van der Waals surface area contributed by atoms with Gasteiger partial charge in [-0.15, -0.1) is 0 Å². The Morgan fingerprint density at radius 1 is 1.03 bits per heavy atom. The molecule has 37 heavy (non-hydrogen) atoms. The molecular formula is C30H38FN3O3. The number of rotatable bonds is 6. The van der Waals surface area contributed by atoms with Crippen LogP contribution in [0.2, 0.25) is 0 Å². The summed E-state index contributed by atoms with van der Waals surface area (Å²) in [5, 5.41) is 18.1. The Kier molecular flexibility index (Phi) is 6.80. The van der Waals surface area contributed by atoms with Crippen molar-refractivity contribution >= 4 is 11.9 Å². The van der Waals surface area contributed by atoms with Crippen LogP contribution in [-0.2, 0) is 17.6 Å². The molecule has 198 valence electrons.